The van der Waals surface area contributed by atoms with Crippen molar-refractivity contribution in [3.05, 3.63) is 66.0 Å². The molecule has 4 rings (SSSR count). The van der Waals surface area contributed by atoms with E-state index in [9.17, 15) is 4.79 Å². The Hall–Kier alpha value is -3.35. The lowest BCUT2D eigenvalue weighted by atomic mass is 10.0. The summed E-state index contributed by atoms with van der Waals surface area (Å²) in [6, 6.07) is 7.58. The molecule has 0 fully saturated rings. The summed E-state index contributed by atoms with van der Waals surface area (Å²) in [6.07, 6.45) is 7.20. The number of aryl methyl sites for hydroxylation is 2. The van der Waals surface area contributed by atoms with Gasteiger partial charge in [-0.3, -0.25) is 18.9 Å². The molecule has 0 aliphatic carbocycles. The van der Waals surface area contributed by atoms with Crippen molar-refractivity contribution in [2.45, 2.75) is 13.3 Å². The minimum Gasteiger partial charge on any atom is -0.294 e. The Kier molecular flexibility index (Phi) is 3.61. The van der Waals surface area contributed by atoms with Gasteiger partial charge in [0.05, 0.1) is 17.7 Å². The molecule has 0 unspecified atom stereocenters. The molecule has 0 aromatic carbocycles. The van der Waals surface area contributed by atoms with Crippen LogP contribution in [-0.4, -0.2) is 35.1 Å². The summed E-state index contributed by atoms with van der Waals surface area (Å²) in [4.78, 5) is 17.2. The fraction of sp³-hybridized carbons (Fsp3) is 0.167. The number of pyridine rings is 2. The van der Waals surface area contributed by atoms with Crippen molar-refractivity contribution in [1.29, 1.82) is 0 Å². The standard InChI is InChI=1S/C18H16N6O/c1-12-3-4-14(19-9-12)8-17(25)15-7-13(16-5-6-21-23(16)2)10-24-11-20-22-18(15)24/h3-7,9-11H,8H2,1-2H3. The molecule has 0 radical (unpaired) electrons. The van der Waals surface area contributed by atoms with Gasteiger partial charge in [0, 0.05) is 36.9 Å². The number of fused-ring (bicyclic) bond motifs is 1. The molecule has 0 spiro atoms. The van der Waals surface area contributed by atoms with Gasteiger partial charge in [-0.15, -0.1) is 10.2 Å². The normalized spacial score (nSPS) is 11.1. The van der Waals surface area contributed by atoms with Gasteiger partial charge < -0.3 is 0 Å². The van der Waals surface area contributed by atoms with E-state index in [-0.39, 0.29) is 12.2 Å². The van der Waals surface area contributed by atoms with Crippen molar-refractivity contribution in [3.8, 4) is 11.3 Å². The molecule has 7 heteroatoms. The second-order valence-corrected chi connectivity index (χ2v) is 5.97. The fourth-order valence-corrected chi connectivity index (χ4v) is 2.80. The van der Waals surface area contributed by atoms with Crippen LogP contribution in [0.4, 0.5) is 0 Å². The van der Waals surface area contributed by atoms with Gasteiger partial charge in [0.15, 0.2) is 11.4 Å². The molecule has 0 atom stereocenters. The molecular formula is C18H16N6O. The molecule has 124 valence electrons. The Bertz CT molecular complexity index is 1060. The van der Waals surface area contributed by atoms with Crippen LogP contribution in [0.5, 0.6) is 0 Å². The van der Waals surface area contributed by atoms with Gasteiger partial charge in [0.1, 0.15) is 6.33 Å². The molecule has 0 saturated heterocycles. The van der Waals surface area contributed by atoms with Crippen molar-refractivity contribution in [1.82, 2.24) is 29.4 Å². The summed E-state index contributed by atoms with van der Waals surface area (Å²) in [7, 11) is 1.86. The Morgan fingerprint density at radius 1 is 1.24 bits per heavy atom. The summed E-state index contributed by atoms with van der Waals surface area (Å²) in [5.41, 5.74) is 4.67. The summed E-state index contributed by atoms with van der Waals surface area (Å²) in [5, 5.41) is 12.2. The van der Waals surface area contributed by atoms with Gasteiger partial charge in [-0.1, -0.05) is 6.07 Å². The monoisotopic (exact) mass is 332 g/mol. The lowest BCUT2D eigenvalue weighted by Crippen LogP contribution is -2.08. The number of nitrogens with zero attached hydrogens (tertiary/aromatic N) is 6. The van der Waals surface area contributed by atoms with Crippen LogP contribution >= 0.6 is 0 Å². The molecule has 0 N–H and O–H groups in total. The van der Waals surface area contributed by atoms with Gasteiger partial charge >= 0.3 is 0 Å². The van der Waals surface area contributed by atoms with Gasteiger partial charge in [0.25, 0.3) is 0 Å². The number of Topliss-reactive ketones (excluding diaryl/α,β-unsaturated/α-hetero) is 1. The molecule has 4 heterocycles. The zero-order chi connectivity index (χ0) is 17.4. The molecule has 0 aliphatic rings. The van der Waals surface area contributed by atoms with Crippen molar-refractivity contribution in [2.24, 2.45) is 7.05 Å². The lowest BCUT2D eigenvalue weighted by molar-refractivity contribution is 0.0993. The van der Waals surface area contributed by atoms with Gasteiger partial charge in [-0.2, -0.15) is 5.10 Å². The van der Waals surface area contributed by atoms with E-state index in [0.29, 0.717) is 11.2 Å². The molecule has 4 aromatic rings. The molecule has 0 amide bonds. The van der Waals surface area contributed by atoms with Crippen LogP contribution in [0.15, 0.2) is 49.2 Å². The number of aromatic nitrogens is 6. The second kappa shape index (κ2) is 5.94. The van der Waals surface area contributed by atoms with Gasteiger partial charge in [-0.05, 0) is 30.7 Å². The minimum absolute atomic E-state index is 0.0432. The van der Waals surface area contributed by atoms with Crippen LogP contribution in [0, 0.1) is 6.92 Å². The molecular weight excluding hydrogens is 316 g/mol. The molecule has 0 bridgehead atoms. The first-order valence-electron chi connectivity index (χ1n) is 7.88. The highest BCUT2D eigenvalue weighted by Gasteiger charge is 2.17. The predicted octanol–water partition coefficient (Wildman–Crippen LogP) is 2.26. The molecule has 0 aliphatic heterocycles. The highest BCUT2D eigenvalue weighted by Crippen LogP contribution is 2.22. The summed E-state index contributed by atoms with van der Waals surface area (Å²) >= 11 is 0. The maximum Gasteiger partial charge on any atom is 0.172 e. The third-order valence-electron chi connectivity index (χ3n) is 4.12. The summed E-state index contributed by atoms with van der Waals surface area (Å²) < 4.78 is 3.53. The van der Waals surface area contributed by atoms with Crippen LogP contribution in [0.3, 0.4) is 0 Å². The summed E-state index contributed by atoms with van der Waals surface area (Å²) in [6.45, 7) is 1.97. The Morgan fingerprint density at radius 3 is 2.84 bits per heavy atom. The predicted molar refractivity (Wildman–Crippen MR) is 92.2 cm³/mol. The number of hydrogen-bond donors (Lipinski definition) is 0. The second-order valence-electron chi connectivity index (χ2n) is 5.97. The van der Waals surface area contributed by atoms with Crippen LogP contribution in [-0.2, 0) is 13.5 Å². The topological polar surface area (TPSA) is 78.0 Å². The quantitative estimate of drug-likeness (QED) is 0.536. The highest BCUT2D eigenvalue weighted by atomic mass is 16.1. The Balaban J connectivity index is 1.77. The SMILES string of the molecule is Cc1ccc(CC(=O)c2cc(-c3ccnn3C)cn3cnnc23)nc1. The molecule has 7 nitrogen and oxygen atoms in total. The van der Waals surface area contributed by atoms with Gasteiger partial charge in [0.2, 0.25) is 0 Å². The van der Waals surface area contributed by atoms with Crippen molar-refractivity contribution in [3.63, 3.8) is 0 Å². The zero-order valence-corrected chi connectivity index (χ0v) is 13.9. The average molecular weight is 332 g/mol. The van der Waals surface area contributed by atoms with Crippen LogP contribution in [0.1, 0.15) is 21.6 Å². The fourth-order valence-electron chi connectivity index (χ4n) is 2.80. The number of rotatable bonds is 4. The van der Waals surface area contributed by atoms with Crippen LogP contribution in [0.2, 0.25) is 0 Å². The number of carbonyl (C=O) groups is 1. The van der Waals surface area contributed by atoms with E-state index < -0.39 is 0 Å². The van der Waals surface area contributed by atoms with Crippen LogP contribution < -0.4 is 0 Å². The van der Waals surface area contributed by atoms with E-state index in [2.05, 4.69) is 20.3 Å². The number of ketones is 1. The van der Waals surface area contributed by atoms with E-state index in [1.807, 2.05) is 44.4 Å². The summed E-state index contributed by atoms with van der Waals surface area (Å²) in [5.74, 6) is -0.0432. The maximum absolute atomic E-state index is 12.9. The molecule has 4 aromatic heterocycles. The third kappa shape index (κ3) is 2.80. The van der Waals surface area contributed by atoms with Crippen LogP contribution in [0.25, 0.3) is 16.9 Å². The zero-order valence-electron chi connectivity index (χ0n) is 13.9. The largest absolute Gasteiger partial charge is 0.294 e. The first-order chi connectivity index (χ1) is 12.1. The van der Waals surface area contributed by atoms with Crippen molar-refractivity contribution < 1.29 is 4.79 Å². The van der Waals surface area contributed by atoms with E-state index in [0.717, 1.165) is 22.5 Å². The molecule has 0 saturated carbocycles. The van der Waals surface area contributed by atoms with Crippen molar-refractivity contribution in [2.75, 3.05) is 0 Å². The van der Waals surface area contributed by atoms with E-state index in [4.69, 9.17) is 0 Å². The first kappa shape index (κ1) is 15.2. The van der Waals surface area contributed by atoms with E-state index in [1.165, 1.54) is 0 Å². The average Bonchev–Trinajstić information content (AvgIpc) is 3.24. The number of carbonyl (C=O) groups excluding carboxylic acids is 1. The van der Waals surface area contributed by atoms with E-state index >= 15 is 0 Å². The van der Waals surface area contributed by atoms with Gasteiger partial charge in [-0.25, -0.2) is 0 Å². The highest BCUT2D eigenvalue weighted by molar-refractivity contribution is 6.03. The minimum atomic E-state index is -0.0432. The first-order valence-corrected chi connectivity index (χ1v) is 7.88. The Labute approximate surface area is 144 Å². The lowest BCUT2D eigenvalue weighted by Gasteiger charge is -2.08. The maximum atomic E-state index is 12.9. The molecule has 25 heavy (non-hydrogen) atoms. The van der Waals surface area contributed by atoms with E-state index in [1.54, 1.807) is 27.8 Å². The third-order valence-corrected chi connectivity index (χ3v) is 4.12. The smallest absolute Gasteiger partial charge is 0.172 e. The van der Waals surface area contributed by atoms with Crippen molar-refractivity contribution >= 4 is 11.4 Å². The Morgan fingerprint density at radius 2 is 2.12 bits per heavy atom. The number of hydrogen-bond acceptors (Lipinski definition) is 5.